The van der Waals surface area contributed by atoms with E-state index in [1.165, 1.54) is 3.57 Å². The Labute approximate surface area is 132 Å². The van der Waals surface area contributed by atoms with Crippen molar-refractivity contribution >= 4 is 22.6 Å². The van der Waals surface area contributed by atoms with Crippen LogP contribution in [0.15, 0.2) is 30.6 Å². The van der Waals surface area contributed by atoms with Gasteiger partial charge in [0.25, 0.3) is 0 Å². The van der Waals surface area contributed by atoms with Gasteiger partial charge in [-0.2, -0.15) is 5.10 Å². The van der Waals surface area contributed by atoms with Gasteiger partial charge in [0, 0.05) is 29.5 Å². The molecular formula is C14H18IN3O2. The fourth-order valence-electron chi connectivity index (χ4n) is 1.73. The zero-order valence-electron chi connectivity index (χ0n) is 11.5. The van der Waals surface area contributed by atoms with E-state index in [0.717, 1.165) is 24.4 Å². The molecule has 0 saturated heterocycles. The second-order valence-electron chi connectivity index (χ2n) is 4.30. The summed E-state index contributed by atoms with van der Waals surface area (Å²) in [6, 6.07) is 8.15. The second kappa shape index (κ2) is 8.33. The predicted molar refractivity (Wildman–Crippen MR) is 85.5 cm³/mol. The van der Waals surface area contributed by atoms with Gasteiger partial charge in [-0.15, -0.1) is 0 Å². The van der Waals surface area contributed by atoms with E-state index >= 15 is 0 Å². The van der Waals surface area contributed by atoms with Gasteiger partial charge in [0.2, 0.25) is 0 Å². The van der Waals surface area contributed by atoms with Gasteiger partial charge >= 0.3 is 0 Å². The molecule has 0 atom stereocenters. The molecule has 0 unspecified atom stereocenters. The van der Waals surface area contributed by atoms with Crippen LogP contribution in [0.2, 0.25) is 0 Å². The lowest BCUT2D eigenvalue weighted by Gasteiger charge is -2.03. The SMILES string of the molecule is COCCCOCCn1cnc(-c2cccc(I)c2)n1. The van der Waals surface area contributed by atoms with Gasteiger partial charge in [-0.3, -0.25) is 4.68 Å². The van der Waals surface area contributed by atoms with Crippen LogP contribution < -0.4 is 0 Å². The van der Waals surface area contributed by atoms with E-state index in [-0.39, 0.29) is 0 Å². The first-order chi connectivity index (χ1) is 9.79. The van der Waals surface area contributed by atoms with Gasteiger partial charge < -0.3 is 9.47 Å². The molecular weight excluding hydrogens is 369 g/mol. The van der Waals surface area contributed by atoms with E-state index in [2.05, 4.69) is 44.8 Å². The monoisotopic (exact) mass is 387 g/mol. The Morgan fingerprint density at radius 1 is 1.25 bits per heavy atom. The smallest absolute Gasteiger partial charge is 0.181 e. The summed E-state index contributed by atoms with van der Waals surface area (Å²) >= 11 is 2.28. The van der Waals surface area contributed by atoms with E-state index in [9.17, 15) is 0 Å². The minimum absolute atomic E-state index is 0.638. The van der Waals surface area contributed by atoms with Crippen LogP contribution in [0.4, 0.5) is 0 Å². The molecule has 1 aromatic carbocycles. The molecule has 1 aromatic heterocycles. The second-order valence-corrected chi connectivity index (χ2v) is 5.55. The van der Waals surface area contributed by atoms with Crippen LogP contribution in [-0.2, 0) is 16.0 Å². The number of benzene rings is 1. The lowest BCUT2D eigenvalue weighted by molar-refractivity contribution is 0.0961. The van der Waals surface area contributed by atoms with Crippen molar-refractivity contribution < 1.29 is 9.47 Å². The van der Waals surface area contributed by atoms with Crippen molar-refractivity contribution in [2.75, 3.05) is 26.9 Å². The molecule has 2 aromatic rings. The molecule has 20 heavy (non-hydrogen) atoms. The lowest BCUT2D eigenvalue weighted by atomic mass is 10.2. The van der Waals surface area contributed by atoms with E-state index in [1.807, 2.05) is 16.8 Å². The predicted octanol–water partition coefficient (Wildman–Crippen LogP) is 2.60. The van der Waals surface area contributed by atoms with E-state index in [1.54, 1.807) is 13.4 Å². The van der Waals surface area contributed by atoms with Gasteiger partial charge in [0.05, 0.1) is 13.2 Å². The number of aromatic nitrogens is 3. The maximum Gasteiger partial charge on any atom is 0.181 e. The number of halogens is 1. The van der Waals surface area contributed by atoms with Crippen LogP contribution in [0.1, 0.15) is 6.42 Å². The molecule has 0 aliphatic heterocycles. The van der Waals surface area contributed by atoms with Crippen molar-refractivity contribution in [1.82, 2.24) is 14.8 Å². The van der Waals surface area contributed by atoms with Crippen LogP contribution in [0, 0.1) is 3.57 Å². The Morgan fingerprint density at radius 3 is 2.95 bits per heavy atom. The maximum atomic E-state index is 5.50. The van der Waals surface area contributed by atoms with Crippen LogP contribution >= 0.6 is 22.6 Å². The van der Waals surface area contributed by atoms with Crippen molar-refractivity contribution in [2.24, 2.45) is 0 Å². The standard InChI is InChI=1S/C14H18IN3O2/c1-19-7-3-8-20-9-6-18-11-16-14(17-18)12-4-2-5-13(15)10-12/h2,4-5,10-11H,3,6-9H2,1H3. The highest BCUT2D eigenvalue weighted by Gasteiger charge is 2.04. The number of hydrogen-bond acceptors (Lipinski definition) is 4. The fourth-order valence-corrected chi connectivity index (χ4v) is 2.27. The summed E-state index contributed by atoms with van der Waals surface area (Å²) in [6.45, 7) is 2.80. The van der Waals surface area contributed by atoms with Gasteiger partial charge in [0.15, 0.2) is 5.82 Å². The fraction of sp³-hybridized carbons (Fsp3) is 0.429. The van der Waals surface area contributed by atoms with E-state index < -0.39 is 0 Å². The topological polar surface area (TPSA) is 49.2 Å². The van der Waals surface area contributed by atoms with E-state index in [0.29, 0.717) is 19.8 Å². The minimum Gasteiger partial charge on any atom is -0.385 e. The van der Waals surface area contributed by atoms with Crippen molar-refractivity contribution in [3.05, 3.63) is 34.2 Å². The zero-order valence-corrected chi connectivity index (χ0v) is 13.6. The molecule has 108 valence electrons. The normalized spacial score (nSPS) is 10.9. The zero-order chi connectivity index (χ0) is 14.2. The Morgan fingerprint density at radius 2 is 2.15 bits per heavy atom. The quantitative estimate of drug-likeness (QED) is 0.516. The van der Waals surface area contributed by atoms with Crippen LogP contribution in [0.5, 0.6) is 0 Å². The Balaban J connectivity index is 1.80. The summed E-state index contributed by atoms with van der Waals surface area (Å²) < 4.78 is 13.5. The van der Waals surface area contributed by atoms with Gasteiger partial charge in [-0.05, 0) is 41.1 Å². The number of ether oxygens (including phenoxy) is 2. The summed E-state index contributed by atoms with van der Waals surface area (Å²) in [4.78, 5) is 4.33. The molecule has 0 fully saturated rings. The maximum absolute atomic E-state index is 5.50. The summed E-state index contributed by atoms with van der Waals surface area (Å²) in [7, 11) is 1.70. The summed E-state index contributed by atoms with van der Waals surface area (Å²) in [6.07, 6.45) is 2.66. The highest BCUT2D eigenvalue weighted by Crippen LogP contribution is 2.16. The highest BCUT2D eigenvalue weighted by atomic mass is 127. The molecule has 1 heterocycles. The van der Waals surface area contributed by atoms with E-state index in [4.69, 9.17) is 9.47 Å². The number of rotatable bonds is 8. The average Bonchev–Trinajstić information content (AvgIpc) is 2.91. The molecule has 5 nitrogen and oxygen atoms in total. The van der Waals surface area contributed by atoms with Gasteiger partial charge in [-0.1, -0.05) is 12.1 Å². The molecule has 0 amide bonds. The minimum atomic E-state index is 0.638. The third-order valence-corrected chi connectivity index (χ3v) is 3.39. The number of nitrogens with zero attached hydrogens (tertiary/aromatic N) is 3. The molecule has 2 rings (SSSR count). The van der Waals surface area contributed by atoms with Gasteiger partial charge in [-0.25, -0.2) is 4.98 Å². The molecule has 0 aliphatic carbocycles. The third kappa shape index (κ3) is 4.84. The van der Waals surface area contributed by atoms with Crippen molar-refractivity contribution in [1.29, 1.82) is 0 Å². The van der Waals surface area contributed by atoms with Crippen molar-refractivity contribution in [2.45, 2.75) is 13.0 Å². The average molecular weight is 387 g/mol. The summed E-state index contributed by atoms with van der Waals surface area (Å²) in [5, 5.41) is 4.45. The third-order valence-electron chi connectivity index (χ3n) is 2.72. The highest BCUT2D eigenvalue weighted by molar-refractivity contribution is 14.1. The van der Waals surface area contributed by atoms with Crippen molar-refractivity contribution in [3.8, 4) is 11.4 Å². The first-order valence-corrected chi connectivity index (χ1v) is 7.59. The van der Waals surface area contributed by atoms with Crippen molar-refractivity contribution in [3.63, 3.8) is 0 Å². The molecule has 0 N–H and O–H groups in total. The molecule has 0 aliphatic rings. The summed E-state index contributed by atoms with van der Waals surface area (Å²) in [5.41, 5.74) is 1.04. The van der Waals surface area contributed by atoms with Crippen LogP contribution in [0.25, 0.3) is 11.4 Å². The number of hydrogen-bond donors (Lipinski definition) is 0. The Bertz CT molecular complexity index is 531. The molecule has 6 heteroatoms. The van der Waals surface area contributed by atoms with Crippen LogP contribution in [0.3, 0.4) is 0 Å². The molecule has 0 radical (unpaired) electrons. The summed E-state index contributed by atoms with van der Waals surface area (Å²) in [5.74, 6) is 0.753. The molecule has 0 spiro atoms. The lowest BCUT2D eigenvalue weighted by Crippen LogP contribution is -2.08. The Hall–Kier alpha value is -0.990. The largest absolute Gasteiger partial charge is 0.385 e. The Kier molecular flexibility index (Phi) is 6.41. The molecule has 0 saturated carbocycles. The first-order valence-electron chi connectivity index (χ1n) is 6.51. The van der Waals surface area contributed by atoms with Gasteiger partial charge in [0.1, 0.15) is 6.33 Å². The molecule has 0 bridgehead atoms. The number of methoxy groups -OCH3 is 1. The van der Waals surface area contributed by atoms with Crippen LogP contribution in [-0.4, -0.2) is 41.7 Å². The first kappa shape index (κ1) is 15.4.